The highest BCUT2D eigenvalue weighted by Gasteiger charge is 2.46. The van der Waals surface area contributed by atoms with Gasteiger partial charge in [-0.25, -0.2) is 0 Å². The molecule has 14 amide bonds. The second kappa shape index (κ2) is 47.1. The van der Waals surface area contributed by atoms with Crippen LogP contribution in [0.5, 0.6) is 0 Å². The highest BCUT2D eigenvalue weighted by Crippen LogP contribution is 2.28. The lowest BCUT2D eigenvalue weighted by molar-refractivity contribution is -0.148. The molecular formula is C75H103N17O21S3. The van der Waals surface area contributed by atoms with Crippen molar-refractivity contribution >= 4 is 142 Å². The lowest BCUT2D eigenvalue weighted by Gasteiger charge is -2.34. The van der Waals surface area contributed by atoms with Crippen LogP contribution in [0.25, 0.3) is 0 Å². The van der Waals surface area contributed by atoms with Crippen molar-refractivity contribution in [2.45, 2.75) is 200 Å². The first kappa shape index (κ1) is 93.8. The second-order valence-corrected chi connectivity index (χ2v) is 31.1. The number of nitrogens with zero attached hydrogens (tertiary/aromatic N) is 2. The minimum absolute atomic E-state index is 0.00462. The summed E-state index contributed by atoms with van der Waals surface area (Å²) in [6.45, 7) is 3.68. The maximum atomic E-state index is 15.1. The first-order valence-electron chi connectivity index (χ1n) is 37.6. The molecular weight excluding hydrogens is 1570 g/mol. The molecule has 3 aliphatic heterocycles. The number of aliphatic hydroxyl groups is 1. The number of thioether (sulfide) groups is 3. The van der Waals surface area contributed by atoms with Crippen molar-refractivity contribution in [1.29, 1.82) is 5.41 Å². The molecule has 2 saturated heterocycles. The molecule has 3 aromatic carbocycles. The molecule has 2 bridgehead atoms. The van der Waals surface area contributed by atoms with Crippen LogP contribution in [0.3, 0.4) is 0 Å². The molecule has 21 N–H and O–H groups in total. The fraction of sp³-hybridized carbons (Fsp3) is 0.520. The zero-order valence-electron chi connectivity index (χ0n) is 64.5. The monoisotopic (exact) mass is 1670 g/mol. The van der Waals surface area contributed by atoms with Crippen molar-refractivity contribution in [2.75, 3.05) is 43.1 Å². The largest absolute Gasteiger partial charge is 0.481 e. The summed E-state index contributed by atoms with van der Waals surface area (Å²) in [6, 6.07) is 2.85. The Balaban J connectivity index is 1.35. The average molecular weight is 1670 g/mol. The highest BCUT2D eigenvalue weighted by atomic mass is 32.2. The van der Waals surface area contributed by atoms with E-state index in [9.17, 15) is 92.3 Å². The molecule has 0 aromatic heterocycles. The molecule has 3 heterocycles. The Bertz CT molecular complexity index is 4020. The number of aliphatic hydroxyl groups excluding tert-OH is 1. The topological polar surface area (TPSA) is 598 Å². The lowest BCUT2D eigenvalue weighted by atomic mass is 10.0. The van der Waals surface area contributed by atoms with Gasteiger partial charge in [0.15, 0.2) is 5.96 Å². The molecule has 632 valence electrons. The number of carboxylic acid groups (broad SMARTS) is 3. The number of hydrogen-bond donors (Lipinski definition) is 19. The number of carboxylic acids is 3. The normalized spacial score (nSPS) is 21.1. The number of guanidine groups is 1. The first-order chi connectivity index (χ1) is 55.1. The van der Waals surface area contributed by atoms with Crippen LogP contribution in [0, 0.1) is 5.41 Å². The van der Waals surface area contributed by atoms with Crippen LogP contribution < -0.4 is 75.3 Å². The highest BCUT2D eigenvalue weighted by molar-refractivity contribution is 7.99. The third-order valence-corrected chi connectivity index (χ3v) is 21.8. The Morgan fingerprint density at radius 2 is 1.14 bits per heavy atom. The number of aliphatic carboxylic acids is 3. The van der Waals surface area contributed by atoms with Crippen LogP contribution in [-0.4, -0.2) is 265 Å². The summed E-state index contributed by atoms with van der Waals surface area (Å²) in [6.07, 6.45) is -3.05. The smallest absolute Gasteiger partial charge is 0.305 e. The molecule has 41 heteroatoms. The molecule has 14 atom stereocenters. The van der Waals surface area contributed by atoms with E-state index < -0.39 is 217 Å². The van der Waals surface area contributed by atoms with Gasteiger partial charge >= 0.3 is 17.9 Å². The van der Waals surface area contributed by atoms with Crippen LogP contribution in [0.4, 0.5) is 0 Å². The van der Waals surface area contributed by atoms with Gasteiger partial charge in [0, 0.05) is 68.8 Å². The van der Waals surface area contributed by atoms with Gasteiger partial charge < -0.3 is 105 Å². The van der Waals surface area contributed by atoms with Gasteiger partial charge in [-0.15, -0.1) is 0 Å². The van der Waals surface area contributed by atoms with Crippen LogP contribution in [-0.2, 0) is 106 Å². The van der Waals surface area contributed by atoms with E-state index in [1.165, 1.54) is 40.2 Å². The zero-order chi connectivity index (χ0) is 85.3. The Kier molecular flexibility index (Phi) is 38.1. The molecule has 0 saturated carbocycles. The van der Waals surface area contributed by atoms with Crippen LogP contribution in [0.1, 0.15) is 114 Å². The van der Waals surface area contributed by atoms with E-state index in [0.29, 0.717) is 40.8 Å². The Morgan fingerprint density at radius 3 is 1.73 bits per heavy atom. The van der Waals surface area contributed by atoms with Gasteiger partial charge in [-0.05, 0) is 99.5 Å². The summed E-state index contributed by atoms with van der Waals surface area (Å²) in [4.78, 5) is 238. The van der Waals surface area contributed by atoms with E-state index in [4.69, 9.17) is 16.9 Å². The van der Waals surface area contributed by atoms with Gasteiger partial charge in [-0.3, -0.25) is 86.9 Å². The lowest BCUT2D eigenvalue weighted by Crippen LogP contribution is -2.62. The second-order valence-electron chi connectivity index (χ2n) is 28.1. The summed E-state index contributed by atoms with van der Waals surface area (Å²) in [5, 5.41) is 78.2. The standard InChI is InChI=1S/C75H103N17O21S3/c1-40(63(102)85-51(32-43-15-7-5-8-16-43)68(107)82-47(21-12-27-79-75(77)78)64(103)84-50(62(76)101)34-59(97)98)80-67(106)53(35-60(99)100)87-70(109)54-38-115-36-45-19-11-20-46(31-45)37-116-39-55(89-66(105)49(26-30-114-4)81-42(3)94)73(112)92-29-14-23-57(92)74(113)91-28-13-22-56(91)71(110)90-61(41(2)93)72(111)83-48(24-25-58(95)96)65(104)86-52(69(108)88-54)33-44-17-9-6-10-18-44/h5-11,15-20,31,40-41,47-57,61,93H,12-14,21-30,32-39H2,1-4H3,(H2,76,101)(H,80,106)(H,81,94)(H,82,107)(H,83,111)(H,84,103)(H,85,102)(H,86,104)(H,87,109)(H,88,108)(H,89,105)(H,90,110)(H,95,96)(H,97,98)(H,99,100)(H4,77,78,79)/t40-,41+,47-,48-,49-,50-,51-,52-,53-,54-,55-,56-,57-,61-/m0/s1. The minimum atomic E-state index is -2.05. The van der Waals surface area contributed by atoms with E-state index in [2.05, 4.69) is 63.8 Å². The van der Waals surface area contributed by atoms with Crippen molar-refractivity contribution in [3.8, 4) is 0 Å². The van der Waals surface area contributed by atoms with Crippen molar-refractivity contribution in [1.82, 2.24) is 73.6 Å². The summed E-state index contributed by atoms with van der Waals surface area (Å²) in [7, 11) is 0. The molecule has 6 rings (SSSR count). The van der Waals surface area contributed by atoms with Gasteiger partial charge in [0.25, 0.3) is 0 Å². The maximum absolute atomic E-state index is 15.1. The summed E-state index contributed by atoms with van der Waals surface area (Å²) >= 11 is 3.74. The number of primary amides is 1. The van der Waals surface area contributed by atoms with Gasteiger partial charge in [0.05, 0.1) is 18.9 Å². The zero-order valence-corrected chi connectivity index (χ0v) is 67.0. The van der Waals surface area contributed by atoms with Gasteiger partial charge in [0.2, 0.25) is 82.7 Å². The molecule has 0 unspecified atom stereocenters. The van der Waals surface area contributed by atoms with Gasteiger partial charge in [0.1, 0.15) is 78.5 Å². The number of fused-ring (bicyclic) bond motifs is 4. The number of benzene rings is 3. The first-order valence-corrected chi connectivity index (χ1v) is 41.3. The summed E-state index contributed by atoms with van der Waals surface area (Å²) < 4.78 is 0. The third kappa shape index (κ3) is 30.6. The number of carbonyl (C=O) groups excluding carboxylic acids is 14. The van der Waals surface area contributed by atoms with E-state index in [0.717, 1.165) is 25.6 Å². The van der Waals surface area contributed by atoms with Gasteiger partial charge in [-0.2, -0.15) is 35.3 Å². The number of nitrogens with one attached hydrogen (secondary N) is 13. The van der Waals surface area contributed by atoms with Crippen molar-refractivity contribution < 1.29 is 102 Å². The van der Waals surface area contributed by atoms with E-state index in [1.807, 2.05) is 12.3 Å². The molecule has 0 radical (unpaired) electrons. The predicted molar refractivity (Wildman–Crippen MR) is 426 cm³/mol. The van der Waals surface area contributed by atoms with Crippen molar-refractivity contribution in [2.24, 2.45) is 11.5 Å². The minimum Gasteiger partial charge on any atom is -0.481 e. The summed E-state index contributed by atoms with van der Waals surface area (Å²) in [5.74, 6) is -18.2. The van der Waals surface area contributed by atoms with Crippen LogP contribution in [0.2, 0.25) is 0 Å². The quantitative estimate of drug-likeness (QED) is 0.0161. The third-order valence-electron chi connectivity index (χ3n) is 18.9. The van der Waals surface area contributed by atoms with Crippen molar-refractivity contribution in [3.63, 3.8) is 0 Å². The van der Waals surface area contributed by atoms with Crippen LogP contribution >= 0.6 is 35.3 Å². The summed E-state index contributed by atoms with van der Waals surface area (Å²) in [5.41, 5.74) is 13.0. The fourth-order valence-corrected chi connectivity index (χ4v) is 15.4. The maximum Gasteiger partial charge on any atom is 0.305 e. The van der Waals surface area contributed by atoms with Crippen LogP contribution in [0.15, 0.2) is 84.9 Å². The molecule has 3 aliphatic rings. The van der Waals surface area contributed by atoms with E-state index in [1.54, 1.807) is 78.9 Å². The Hall–Kier alpha value is -11.1. The molecule has 2 fully saturated rings. The van der Waals surface area contributed by atoms with E-state index in [-0.39, 0.29) is 87.6 Å². The molecule has 0 spiro atoms. The predicted octanol–water partition coefficient (Wildman–Crippen LogP) is -3.30. The number of rotatable bonds is 33. The number of nitrogens with two attached hydrogens (primary N) is 2. The Labute approximate surface area is 681 Å². The van der Waals surface area contributed by atoms with E-state index >= 15 is 9.59 Å². The van der Waals surface area contributed by atoms with Gasteiger partial charge in [-0.1, -0.05) is 84.9 Å². The molecule has 38 nitrogen and oxygen atoms in total. The fourth-order valence-electron chi connectivity index (χ4n) is 12.9. The van der Waals surface area contributed by atoms with Crippen molar-refractivity contribution in [3.05, 3.63) is 107 Å². The number of carbonyl (C=O) groups is 17. The average Bonchev–Trinajstić information content (AvgIpc) is 1.64. The Morgan fingerprint density at radius 1 is 0.586 bits per heavy atom. The molecule has 3 aromatic rings. The SMILES string of the molecule is CSCC[C@H](NC(C)=O)C(=O)N[C@H]1CSCc2cccc(c2)CSC[C@@H](C(=O)N[C@@H](CC(=O)O)C(=O)N[C@@H](C)C(=O)N[C@@H](Cc2ccccc2)C(=O)N[C@@H](CCCNC(=N)N)C(=O)N[C@@H](CC(=O)O)C(N)=O)NC(=O)[C@H](Cc2ccccc2)NC(=O)[C@H](CCC(=O)O)NC(=O)[C@H]([C@@H](C)O)NC(=O)[C@@H]2CCCN2C(=O)[C@@H]2CCCN2C1=O. The number of hydrogen-bond acceptors (Lipinski definition) is 22. The number of amides is 14. The molecule has 0 aliphatic carbocycles. The molecule has 116 heavy (non-hydrogen) atoms.